The van der Waals surface area contributed by atoms with Crippen molar-refractivity contribution in [2.45, 2.75) is 96.9 Å². The van der Waals surface area contributed by atoms with Gasteiger partial charge in [-0.05, 0) is 75.6 Å². The number of hydroxylamine groups is 6. The number of fused-ring (bicyclic) bond motifs is 2. The molecule has 0 aliphatic carbocycles. The van der Waals surface area contributed by atoms with Crippen molar-refractivity contribution in [3.63, 3.8) is 0 Å². The van der Waals surface area contributed by atoms with E-state index >= 15 is 0 Å². The number of carbonyl (C=O) groups excluding carboxylic acids is 12. The van der Waals surface area contributed by atoms with Crippen LogP contribution in [0.4, 0.5) is 0 Å². The van der Waals surface area contributed by atoms with E-state index in [1.165, 1.54) is 9.80 Å². The SMILES string of the molecule is CC(=O)N([O-])CC(=O)N1CCCCN(C(=O)CN([O-])C(C)=O)CCCNC(=O)c2ccc(n([O-])c2=O)C(=O)N[C@@H](CCCCNC(=O)CCCC(=O)ON2C(=O)CCC2=O)CNC(=O)c2ccc(c(=O)n2[O-])C(=O)NCCC1. The van der Waals surface area contributed by atoms with Gasteiger partial charge in [-0.15, -0.1) is 5.06 Å². The van der Waals surface area contributed by atoms with Crippen molar-refractivity contribution < 1.29 is 62.4 Å². The van der Waals surface area contributed by atoms with Crippen molar-refractivity contribution in [3.05, 3.63) is 88.3 Å². The number of unbranched alkanes of at least 4 members (excludes halogenated alkanes) is 1. The normalized spacial score (nSPS) is 16.6. The van der Waals surface area contributed by atoms with E-state index in [-0.39, 0.29) is 142 Å². The zero-order valence-corrected chi connectivity index (χ0v) is 42.8. The van der Waals surface area contributed by atoms with Crippen LogP contribution in [0, 0.1) is 20.8 Å². The molecular formula is C47H60N12O19-4. The molecule has 4 aliphatic heterocycles. The molecule has 11 amide bonds. The first-order valence-electron chi connectivity index (χ1n) is 24.8. The van der Waals surface area contributed by atoms with Crippen LogP contribution in [0.15, 0.2) is 33.9 Å². The van der Waals surface area contributed by atoms with Gasteiger partial charge in [0.15, 0.2) is 0 Å². The molecule has 4 bridgehead atoms. The first kappa shape index (κ1) is 61.8. The molecule has 78 heavy (non-hydrogen) atoms. The van der Waals surface area contributed by atoms with Gasteiger partial charge in [0.05, 0.1) is 13.1 Å². The number of hydrogen-bond acceptors (Lipinski definition) is 19. The lowest BCUT2D eigenvalue weighted by atomic mass is 10.1. The van der Waals surface area contributed by atoms with Gasteiger partial charge in [0.25, 0.3) is 46.6 Å². The van der Waals surface area contributed by atoms with Gasteiger partial charge in [-0.25, -0.2) is 4.79 Å². The van der Waals surface area contributed by atoms with Crippen LogP contribution in [0.25, 0.3) is 0 Å². The van der Waals surface area contributed by atoms with Gasteiger partial charge in [0.1, 0.15) is 22.5 Å². The molecule has 6 rings (SSSR count). The highest BCUT2D eigenvalue weighted by Gasteiger charge is 2.33. The standard InChI is InChI=1S/C47H60N12O19/c1-29(60)55(74)27-39(65)53-22-5-6-23-54(40(66)28-56(75)30(2)61)25-9-21-50-43(69)33-14-16-35(58(77)47(33)73)45(71)52-31(26-51-44(70)34-15-13-32(46(72)57(34)76)42(68)49-20-8-24-53)10-3-4-19-48-36(62)11-7-12-41(67)78-59-37(63)17-18-38(59)64/h13-16,31H,3-12,17-28H2,1-2H3,(H,48,62)(H,49,68)(H,50,69)(H,51,70)(H,52,71)/q-4/t31-/m0/s1. The maximum absolute atomic E-state index is 13.5. The number of amides is 11. The van der Waals surface area contributed by atoms with Crippen LogP contribution in [0.2, 0.25) is 0 Å². The van der Waals surface area contributed by atoms with E-state index in [4.69, 9.17) is 4.84 Å². The van der Waals surface area contributed by atoms with Crippen LogP contribution in [0.5, 0.6) is 0 Å². The van der Waals surface area contributed by atoms with Crippen molar-refractivity contribution >= 4 is 70.9 Å². The van der Waals surface area contributed by atoms with Gasteiger partial charge in [-0.2, -0.15) is 0 Å². The molecule has 2 aromatic heterocycles. The summed E-state index contributed by atoms with van der Waals surface area (Å²) in [5.74, 6) is -10.4. The van der Waals surface area contributed by atoms with E-state index in [2.05, 4.69) is 26.6 Å². The quantitative estimate of drug-likeness (QED) is 0.0753. The molecule has 31 heteroatoms. The Morgan fingerprint density at radius 1 is 0.615 bits per heavy atom. The smallest absolute Gasteiger partial charge is 0.333 e. The Balaban J connectivity index is 1.52. The molecule has 1 fully saturated rings. The maximum atomic E-state index is 13.5. The second kappa shape index (κ2) is 30.1. The predicted molar refractivity (Wildman–Crippen MR) is 268 cm³/mol. The number of pyridine rings is 2. The molecule has 6 heterocycles. The Kier molecular flexibility index (Phi) is 23.9. The van der Waals surface area contributed by atoms with E-state index in [9.17, 15) is 88.0 Å². The van der Waals surface area contributed by atoms with E-state index in [1.54, 1.807) is 0 Å². The Morgan fingerprint density at radius 3 is 1.58 bits per heavy atom. The monoisotopic (exact) mass is 1100 g/mol. The fourth-order valence-electron chi connectivity index (χ4n) is 7.67. The summed E-state index contributed by atoms with van der Waals surface area (Å²) in [7, 11) is 0. The lowest BCUT2D eigenvalue weighted by Gasteiger charge is -2.31. The molecule has 0 unspecified atom stereocenters. The summed E-state index contributed by atoms with van der Waals surface area (Å²) in [4.78, 5) is 184. The van der Waals surface area contributed by atoms with Gasteiger partial charge >= 0.3 is 5.97 Å². The second-order valence-electron chi connectivity index (χ2n) is 17.9. The molecule has 0 saturated carbocycles. The largest absolute Gasteiger partial charge is 0.803 e. The Bertz CT molecular complexity index is 2710. The topological polar surface area (TPSA) is 427 Å². The highest BCUT2D eigenvalue weighted by molar-refractivity contribution is 6.02. The summed E-state index contributed by atoms with van der Waals surface area (Å²) in [5.41, 5.74) is -5.74. The third kappa shape index (κ3) is 18.5. The van der Waals surface area contributed by atoms with Crippen molar-refractivity contribution in [1.29, 1.82) is 0 Å². The molecule has 1 saturated heterocycles. The average Bonchev–Trinajstić information content (AvgIpc) is 3.72. The summed E-state index contributed by atoms with van der Waals surface area (Å²) in [6.45, 7) is -0.824. The fourth-order valence-corrected chi connectivity index (χ4v) is 7.67. The highest BCUT2D eigenvalue weighted by Crippen LogP contribution is 2.14. The minimum atomic E-state index is -1.44. The van der Waals surface area contributed by atoms with Gasteiger partial charge in [-0.1, -0.05) is 0 Å². The average molecular weight is 1100 g/mol. The summed E-state index contributed by atoms with van der Waals surface area (Å²) >= 11 is 0. The molecular weight excluding hydrogens is 1040 g/mol. The molecule has 0 aromatic carbocycles. The molecule has 426 valence electrons. The van der Waals surface area contributed by atoms with Gasteiger partial charge in [-0.3, -0.25) is 62.3 Å². The van der Waals surface area contributed by atoms with Crippen molar-refractivity contribution in [1.82, 2.24) is 61.0 Å². The molecule has 1 atom stereocenters. The van der Waals surface area contributed by atoms with Crippen molar-refractivity contribution in [2.24, 2.45) is 0 Å². The second-order valence-corrected chi connectivity index (χ2v) is 17.9. The molecule has 2 aromatic rings. The summed E-state index contributed by atoms with van der Waals surface area (Å²) < 4.78 is -0.684. The zero-order chi connectivity index (χ0) is 57.6. The van der Waals surface area contributed by atoms with Gasteiger partial charge in [0.2, 0.25) is 29.5 Å². The van der Waals surface area contributed by atoms with Crippen LogP contribution in [-0.2, 0) is 43.2 Å². The predicted octanol–water partition coefficient (Wildman–Crippen LogP) is -2.32. The summed E-state index contributed by atoms with van der Waals surface area (Å²) in [6, 6.07) is 2.54. The molecule has 0 spiro atoms. The molecule has 0 radical (unpaired) electrons. The van der Waals surface area contributed by atoms with Crippen LogP contribution >= 0.6 is 0 Å². The fraction of sp³-hybridized carbons (Fsp3) is 0.532. The molecule has 5 N–H and O–H groups in total. The molecule has 31 nitrogen and oxygen atoms in total. The number of carbonyl (C=O) groups is 12. The highest BCUT2D eigenvalue weighted by atomic mass is 16.7. The van der Waals surface area contributed by atoms with Crippen LogP contribution < -0.4 is 37.7 Å². The first-order chi connectivity index (χ1) is 37.0. The van der Waals surface area contributed by atoms with Gasteiger partial charge < -0.3 is 81.6 Å². The number of imide groups is 1. The first-order valence-corrected chi connectivity index (χ1v) is 24.8. The lowest BCUT2D eigenvalue weighted by Crippen LogP contribution is -2.46. The van der Waals surface area contributed by atoms with Crippen molar-refractivity contribution in [2.75, 3.05) is 65.4 Å². The Morgan fingerprint density at radius 2 is 1.09 bits per heavy atom. The maximum Gasteiger partial charge on any atom is 0.333 e. The Hall–Kier alpha value is -8.74. The number of nitrogens with one attached hydrogen (secondary N) is 5. The number of rotatable bonds is 14. The number of aromatic nitrogens is 2. The number of nitrogens with zero attached hydrogens (tertiary/aromatic N) is 7. The lowest BCUT2D eigenvalue weighted by molar-refractivity contribution is -0.197. The van der Waals surface area contributed by atoms with E-state index in [0.717, 1.165) is 38.1 Å². The van der Waals surface area contributed by atoms with Crippen LogP contribution in [0.3, 0.4) is 0 Å². The van der Waals surface area contributed by atoms with Crippen LogP contribution in [-0.4, -0.2) is 177 Å². The van der Waals surface area contributed by atoms with E-state index in [1.807, 2.05) is 0 Å². The Labute approximate surface area is 444 Å². The van der Waals surface area contributed by atoms with E-state index in [0.29, 0.717) is 5.06 Å². The van der Waals surface area contributed by atoms with Crippen LogP contribution in [0.1, 0.15) is 133 Å². The minimum absolute atomic E-state index is 0.0187. The summed E-state index contributed by atoms with van der Waals surface area (Å²) in [5, 5.41) is 63.2. The summed E-state index contributed by atoms with van der Waals surface area (Å²) in [6.07, 6.45) is 0.356. The minimum Gasteiger partial charge on any atom is -0.803 e. The van der Waals surface area contributed by atoms with Crippen molar-refractivity contribution in [3.8, 4) is 0 Å². The zero-order valence-electron chi connectivity index (χ0n) is 42.8. The van der Waals surface area contributed by atoms with Gasteiger partial charge in [0, 0.05) is 97.9 Å². The number of hydrogen-bond donors (Lipinski definition) is 5. The molecule has 4 aliphatic rings. The van der Waals surface area contributed by atoms with E-state index < -0.39 is 130 Å². The third-order valence-corrected chi connectivity index (χ3v) is 12.0. The third-order valence-electron chi connectivity index (χ3n) is 12.0.